The molecule has 3 unspecified atom stereocenters. The fourth-order valence-corrected chi connectivity index (χ4v) is 4.01. The number of hydrogen-bond donors (Lipinski definition) is 1. The molecule has 1 aliphatic heterocycles. The summed E-state index contributed by atoms with van der Waals surface area (Å²) in [7, 11) is 4.19. The summed E-state index contributed by atoms with van der Waals surface area (Å²) in [5.74, 6) is -2.72. The van der Waals surface area contributed by atoms with Gasteiger partial charge in [-0.25, -0.2) is 0 Å². The second kappa shape index (κ2) is 8.76. The quantitative estimate of drug-likeness (QED) is 0.584. The minimum atomic E-state index is -1.78. The number of nitriles is 2. The maximum atomic E-state index is 13.0. The summed E-state index contributed by atoms with van der Waals surface area (Å²) in [6.45, 7) is 0. The molecule has 1 N–H and O–H groups in total. The molecule has 8 heteroatoms. The monoisotopic (exact) mass is 419 g/mol. The van der Waals surface area contributed by atoms with Crippen LogP contribution < -0.4 is 14.8 Å². The number of esters is 1. The lowest BCUT2D eigenvalue weighted by Gasteiger charge is -2.44. The van der Waals surface area contributed by atoms with Crippen molar-refractivity contribution < 1.29 is 23.8 Å². The van der Waals surface area contributed by atoms with Gasteiger partial charge in [0.15, 0.2) is 5.41 Å². The number of methoxy groups -OCH3 is 3. The van der Waals surface area contributed by atoms with Gasteiger partial charge >= 0.3 is 5.97 Å². The molecule has 0 bridgehead atoms. The molecule has 3 rings (SSSR count). The van der Waals surface area contributed by atoms with Crippen molar-refractivity contribution in [2.75, 3.05) is 21.3 Å². The third kappa shape index (κ3) is 3.64. The summed E-state index contributed by atoms with van der Waals surface area (Å²) in [6, 6.07) is 16.5. The molecule has 3 atom stereocenters. The summed E-state index contributed by atoms with van der Waals surface area (Å²) in [6.07, 6.45) is 0. The molecule has 1 heterocycles. The van der Waals surface area contributed by atoms with Crippen LogP contribution in [0, 0.1) is 34.0 Å². The van der Waals surface area contributed by atoms with Gasteiger partial charge in [-0.15, -0.1) is 0 Å². The summed E-state index contributed by atoms with van der Waals surface area (Å²) in [5.41, 5.74) is -0.762. The van der Waals surface area contributed by atoms with Gasteiger partial charge in [0.05, 0.1) is 39.5 Å². The average molecular weight is 419 g/mol. The van der Waals surface area contributed by atoms with E-state index in [1.54, 1.807) is 48.5 Å². The number of hydrogen-bond acceptors (Lipinski definition) is 7. The third-order valence-corrected chi connectivity index (χ3v) is 5.60. The first-order valence-electron chi connectivity index (χ1n) is 9.44. The Balaban J connectivity index is 2.22. The predicted molar refractivity (Wildman–Crippen MR) is 109 cm³/mol. The van der Waals surface area contributed by atoms with E-state index in [4.69, 9.17) is 14.2 Å². The third-order valence-electron chi connectivity index (χ3n) is 5.60. The summed E-state index contributed by atoms with van der Waals surface area (Å²) < 4.78 is 15.2. The predicted octanol–water partition coefficient (Wildman–Crippen LogP) is 2.48. The average Bonchev–Trinajstić information content (AvgIpc) is 2.83. The van der Waals surface area contributed by atoms with Gasteiger partial charge in [0.25, 0.3) is 0 Å². The Labute approximate surface area is 179 Å². The number of carbonyl (C=O) groups is 2. The Hall–Kier alpha value is -4.04. The number of amides is 1. The normalized spacial score (nSPS) is 21.7. The Morgan fingerprint density at radius 2 is 1.39 bits per heavy atom. The lowest BCUT2D eigenvalue weighted by molar-refractivity contribution is -0.154. The molecule has 158 valence electrons. The molecule has 2 aromatic rings. The molecular weight excluding hydrogens is 398 g/mol. The maximum absolute atomic E-state index is 13.0. The van der Waals surface area contributed by atoms with Crippen LogP contribution in [0.5, 0.6) is 11.5 Å². The number of ether oxygens (including phenoxy) is 3. The molecule has 0 saturated carbocycles. The number of carbonyl (C=O) groups excluding carboxylic acids is 2. The molecule has 8 nitrogen and oxygen atoms in total. The van der Waals surface area contributed by atoms with E-state index >= 15 is 0 Å². The first-order chi connectivity index (χ1) is 14.9. The number of rotatable bonds is 5. The van der Waals surface area contributed by atoms with Gasteiger partial charge in [-0.3, -0.25) is 9.59 Å². The molecule has 1 amide bonds. The number of benzene rings is 2. The molecule has 1 saturated heterocycles. The zero-order valence-corrected chi connectivity index (χ0v) is 17.3. The van der Waals surface area contributed by atoms with Crippen LogP contribution in [0.25, 0.3) is 0 Å². The van der Waals surface area contributed by atoms with Gasteiger partial charge in [0.2, 0.25) is 5.91 Å². The van der Waals surface area contributed by atoms with Crippen LogP contribution in [0.15, 0.2) is 48.5 Å². The Morgan fingerprint density at radius 1 is 0.903 bits per heavy atom. The highest BCUT2D eigenvalue weighted by atomic mass is 16.5. The van der Waals surface area contributed by atoms with Gasteiger partial charge in [-0.2, -0.15) is 10.5 Å². The van der Waals surface area contributed by atoms with Crippen LogP contribution in [0.4, 0.5) is 0 Å². The van der Waals surface area contributed by atoms with E-state index in [0.29, 0.717) is 22.6 Å². The summed E-state index contributed by atoms with van der Waals surface area (Å²) >= 11 is 0. The minimum absolute atomic E-state index is 0.479. The van der Waals surface area contributed by atoms with Crippen molar-refractivity contribution in [3.8, 4) is 23.6 Å². The molecular formula is C23H21N3O5. The van der Waals surface area contributed by atoms with Gasteiger partial charge in [-0.05, 0) is 35.4 Å². The van der Waals surface area contributed by atoms with E-state index in [9.17, 15) is 20.1 Å². The Kier molecular flexibility index (Phi) is 6.12. The van der Waals surface area contributed by atoms with Crippen LogP contribution in [0.3, 0.4) is 0 Å². The first-order valence-corrected chi connectivity index (χ1v) is 9.44. The highest BCUT2D eigenvalue weighted by Crippen LogP contribution is 2.52. The van der Waals surface area contributed by atoms with E-state index in [1.807, 2.05) is 0 Å². The van der Waals surface area contributed by atoms with Gasteiger partial charge in [-0.1, -0.05) is 24.3 Å². The van der Waals surface area contributed by atoms with Crippen molar-refractivity contribution in [3.05, 3.63) is 59.7 Å². The van der Waals surface area contributed by atoms with Crippen molar-refractivity contribution in [1.82, 2.24) is 5.32 Å². The van der Waals surface area contributed by atoms with Crippen LogP contribution in [0.1, 0.15) is 23.1 Å². The molecule has 1 aliphatic rings. The van der Waals surface area contributed by atoms with Gasteiger partial charge in [0.1, 0.15) is 17.4 Å². The Morgan fingerprint density at radius 3 is 1.81 bits per heavy atom. The smallest absolute Gasteiger partial charge is 0.318 e. The highest BCUT2D eigenvalue weighted by molar-refractivity contribution is 6.00. The van der Waals surface area contributed by atoms with Crippen LogP contribution in [-0.4, -0.2) is 33.2 Å². The summed E-state index contributed by atoms with van der Waals surface area (Å²) in [4.78, 5) is 25.6. The highest BCUT2D eigenvalue weighted by Gasteiger charge is 2.60. The first kappa shape index (κ1) is 21.7. The topological polar surface area (TPSA) is 121 Å². The second-order valence-corrected chi connectivity index (χ2v) is 7.06. The largest absolute Gasteiger partial charge is 0.497 e. The Bertz CT molecular complexity index is 1040. The van der Waals surface area contributed by atoms with E-state index in [0.717, 1.165) is 7.11 Å². The molecule has 2 aromatic carbocycles. The van der Waals surface area contributed by atoms with Crippen LogP contribution in [-0.2, 0) is 14.3 Å². The lowest BCUT2D eigenvalue weighted by atomic mass is 9.60. The van der Waals surface area contributed by atoms with Crippen molar-refractivity contribution in [3.63, 3.8) is 0 Å². The van der Waals surface area contributed by atoms with E-state index in [2.05, 4.69) is 17.5 Å². The van der Waals surface area contributed by atoms with E-state index < -0.39 is 35.2 Å². The van der Waals surface area contributed by atoms with Crippen molar-refractivity contribution in [2.45, 2.75) is 12.0 Å². The maximum Gasteiger partial charge on any atom is 0.318 e. The molecule has 1 fully saturated rings. The van der Waals surface area contributed by atoms with Crippen molar-refractivity contribution in [2.24, 2.45) is 11.3 Å². The van der Waals surface area contributed by atoms with E-state index in [-0.39, 0.29) is 0 Å². The van der Waals surface area contributed by atoms with Gasteiger partial charge < -0.3 is 19.5 Å². The zero-order valence-electron chi connectivity index (χ0n) is 17.3. The zero-order chi connectivity index (χ0) is 22.6. The van der Waals surface area contributed by atoms with Gasteiger partial charge in [0, 0.05) is 5.92 Å². The number of nitrogens with one attached hydrogen (secondary N) is 1. The van der Waals surface area contributed by atoms with Crippen LogP contribution in [0.2, 0.25) is 0 Å². The molecule has 0 aromatic heterocycles. The minimum Gasteiger partial charge on any atom is -0.497 e. The second-order valence-electron chi connectivity index (χ2n) is 7.06. The molecule has 31 heavy (non-hydrogen) atoms. The fourth-order valence-electron chi connectivity index (χ4n) is 4.01. The molecule has 0 aliphatic carbocycles. The fraction of sp³-hybridized carbons (Fsp3) is 0.304. The van der Waals surface area contributed by atoms with E-state index in [1.165, 1.54) is 14.2 Å². The number of piperidine rings is 1. The van der Waals surface area contributed by atoms with Crippen LogP contribution >= 0.6 is 0 Å². The van der Waals surface area contributed by atoms with Crippen molar-refractivity contribution in [1.29, 1.82) is 10.5 Å². The molecule has 0 spiro atoms. The SMILES string of the molecule is COC(=O)C1C(=O)NC(c2ccc(OC)cc2)C(C#N)(C#N)C1c1ccc(OC)cc1. The lowest BCUT2D eigenvalue weighted by Crippen LogP contribution is -2.56. The number of nitrogens with zero attached hydrogens (tertiary/aromatic N) is 2. The standard InChI is InChI=1S/C23H21N3O5/c1-29-16-8-4-14(5-9-16)19-18(22(28)31-3)21(27)26-20(23(19,12-24)13-25)15-6-10-17(30-2)11-7-15/h4-11,18-20H,1-3H3,(H,26,27). The molecule has 0 radical (unpaired) electrons. The summed E-state index contributed by atoms with van der Waals surface area (Å²) in [5, 5.41) is 23.2. The van der Waals surface area contributed by atoms with Crippen molar-refractivity contribution >= 4 is 11.9 Å².